The third kappa shape index (κ3) is 3.74. The first-order valence-corrected chi connectivity index (χ1v) is 8.30. The molecule has 0 bridgehead atoms. The summed E-state index contributed by atoms with van der Waals surface area (Å²) < 4.78 is 14.2. The van der Waals surface area contributed by atoms with Gasteiger partial charge in [-0.05, 0) is 45.4 Å². The smallest absolute Gasteiger partial charge is 0.399 e. The molecule has 0 saturated carbocycles. The van der Waals surface area contributed by atoms with Gasteiger partial charge in [0.25, 0.3) is 0 Å². The van der Waals surface area contributed by atoms with Crippen molar-refractivity contribution in [3.63, 3.8) is 0 Å². The summed E-state index contributed by atoms with van der Waals surface area (Å²) >= 11 is 0. The standard InChI is InChI=1S/C17H31BN2O2/c1-13(2)9-15(3,4)12-20-11-14(10-19-20)18-21-16(5,6)17(7,8)22-18/h10-11,13H,9,12H2,1-8H3. The van der Waals surface area contributed by atoms with Gasteiger partial charge in [0.05, 0.1) is 11.2 Å². The lowest BCUT2D eigenvalue weighted by atomic mass is 9.81. The molecule has 0 spiro atoms. The van der Waals surface area contributed by atoms with E-state index < -0.39 is 0 Å². The lowest BCUT2D eigenvalue weighted by Gasteiger charge is -2.32. The first-order chi connectivity index (χ1) is 9.92. The van der Waals surface area contributed by atoms with Gasteiger partial charge in [0.15, 0.2) is 0 Å². The number of rotatable bonds is 5. The van der Waals surface area contributed by atoms with Crippen LogP contribution in [0.1, 0.15) is 61.8 Å². The molecular formula is C17H31BN2O2. The highest BCUT2D eigenvalue weighted by molar-refractivity contribution is 6.61. The zero-order chi connectivity index (χ0) is 16.8. The van der Waals surface area contributed by atoms with Crippen molar-refractivity contribution in [1.82, 2.24) is 9.78 Å². The molecule has 1 aromatic rings. The Morgan fingerprint density at radius 1 is 1.18 bits per heavy atom. The summed E-state index contributed by atoms with van der Waals surface area (Å²) in [6.07, 6.45) is 5.11. The van der Waals surface area contributed by atoms with Crippen LogP contribution in [0.5, 0.6) is 0 Å². The van der Waals surface area contributed by atoms with Crippen molar-refractivity contribution in [2.75, 3.05) is 0 Å². The second-order valence-electron chi connectivity index (χ2n) is 8.82. The predicted octanol–water partition coefficient (Wildman–Crippen LogP) is 3.25. The van der Waals surface area contributed by atoms with Gasteiger partial charge in [-0.2, -0.15) is 5.10 Å². The molecule has 22 heavy (non-hydrogen) atoms. The predicted molar refractivity (Wildman–Crippen MR) is 91.2 cm³/mol. The molecule has 0 atom stereocenters. The Kier molecular flexibility index (Phi) is 4.53. The Morgan fingerprint density at radius 2 is 1.73 bits per heavy atom. The molecule has 1 aliphatic heterocycles. The quantitative estimate of drug-likeness (QED) is 0.784. The lowest BCUT2D eigenvalue weighted by Crippen LogP contribution is -2.41. The fourth-order valence-corrected chi connectivity index (χ4v) is 3.18. The Hall–Kier alpha value is -0.805. The maximum absolute atomic E-state index is 6.08. The maximum atomic E-state index is 6.08. The Morgan fingerprint density at radius 3 is 2.23 bits per heavy atom. The van der Waals surface area contributed by atoms with Crippen LogP contribution in [0.25, 0.3) is 0 Å². The molecule has 1 fully saturated rings. The monoisotopic (exact) mass is 306 g/mol. The molecule has 0 aromatic carbocycles. The van der Waals surface area contributed by atoms with Crippen molar-refractivity contribution in [3.05, 3.63) is 12.4 Å². The summed E-state index contributed by atoms with van der Waals surface area (Å²) in [4.78, 5) is 0. The number of nitrogens with zero attached hydrogens (tertiary/aromatic N) is 2. The molecule has 1 aliphatic rings. The highest BCUT2D eigenvalue weighted by atomic mass is 16.7. The molecule has 2 heterocycles. The summed E-state index contributed by atoms with van der Waals surface area (Å²) in [6, 6.07) is 0. The molecule has 4 nitrogen and oxygen atoms in total. The van der Waals surface area contributed by atoms with Crippen molar-refractivity contribution >= 4 is 12.6 Å². The topological polar surface area (TPSA) is 36.3 Å². The van der Waals surface area contributed by atoms with Crippen LogP contribution in [-0.2, 0) is 15.9 Å². The highest BCUT2D eigenvalue weighted by Crippen LogP contribution is 2.36. The second kappa shape index (κ2) is 5.68. The number of aromatic nitrogens is 2. The van der Waals surface area contributed by atoms with Crippen LogP contribution in [0, 0.1) is 11.3 Å². The van der Waals surface area contributed by atoms with E-state index in [-0.39, 0.29) is 23.7 Å². The zero-order valence-corrected chi connectivity index (χ0v) is 15.4. The zero-order valence-electron chi connectivity index (χ0n) is 15.4. The van der Waals surface area contributed by atoms with Gasteiger partial charge in [-0.1, -0.05) is 27.7 Å². The van der Waals surface area contributed by atoms with Gasteiger partial charge >= 0.3 is 7.12 Å². The first kappa shape index (κ1) is 17.5. The summed E-state index contributed by atoms with van der Waals surface area (Å²) in [5.74, 6) is 0.688. The van der Waals surface area contributed by atoms with Crippen molar-refractivity contribution < 1.29 is 9.31 Å². The molecule has 0 radical (unpaired) electrons. The normalized spacial score (nSPS) is 20.9. The summed E-state index contributed by atoms with van der Waals surface area (Å²) in [5, 5.41) is 4.51. The van der Waals surface area contributed by atoms with Gasteiger partial charge in [-0.25, -0.2) is 0 Å². The molecule has 0 aliphatic carbocycles. The summed E-state index contributed by atoms with van der Waals surface area (Å²) in [6.45, 7) is 18.3. The van der Waals surface area contributed by atoms with E-state index in [4.69, 9.17) is 9.31 Å². The van der Waals surface area contributed by atoms with Crippen LogP contribution in [0.15, 0.2) is 12.4 Å². The SMILES string of the molecule is CC(C)CC(C)(C)Cn1cc(B2OC(C)(C)C(C)(C)O2)cn1. The van der Waals surface area contributed by atoms with Crippen LogP contribution in [0.4, 0.5) is 0 Å². The molecule has 0 unspecified atom stereocenters. The third-order valence-corrected chi connectivity index (χ3v) is 4.73. The second-order valence-corrected chi connectivity index (χ2v) is 8.82. The first-order valence-electron chi connectivity index (χ1n) is 8.30. The van der Waals surface area contributed by atoms with Crippen LogP contribution < -0.4 is 5.46 Å². The molecule has 2 rings (SSSR count). The van der Waals surface area contributed by atoms with E-state index in [2.05, 4.69) is 66.7 Å². The van der Waals surface area contributed by atoms with Gasteiger partial charge in [0, 0.05) is 24.4 Å². The van der Waals surface area contributed by atoms with E-state index in [9.17, 15) is 0 Å². The molecular weight excluding hydrogens is 275 g/mol. The van der Waals surface area contributed by atoms with Gasteiger partial charge < -0.3 is 9.31 Å². The number of hydrogen-bond donors (Lipinski definition) is 0. The Bertz CT molecular complexity index is 504. The molecule has 124 valence electrons. The van der Waals surface area contributed by atoms with Crippen LogP contribution >= 0.6 is 0 Å². The van der Waals surface area contributed by atoms with Gasteiger partial charge in [-0.15, -0.1) is 0 Å². The van der Waals surface area contributed by atoms with E-state index in [1.807, 2.05) is 10.9 Å². The van der Waals surface area contributed by atoms with Crippen molar-refractivity contribution in [2.45, 2.75) is 79.6 Å². The largest absolute Gasteiger partial charge is 0.498 e. The average molecular weight is 306 g/mol. The van der Waals surface area contributed by atoms with Crippen molar-refractivity contribution in [1.29, 1.82) is 0 Å². The summed E-state index contributed by atoms with van der Waals surface area (Å²) in [7, 11) is -0.327. The van der Waals surface area contributed by atoms with Gasteiger partial charge in [0.1, 0.15) is 0 Å². The minimum atomic E-state index is -0.327. The maximum Gasteiger partial charge on any atom is 0.498 e. The summed E-state index contributed by atoms with van der Waals surface area (Å²) in [5.41, 5.74) is 0.611. The van der Waals surface area contributed by atoms with E-state index in [0.29, 0.717) is 5.92 Å². The molecule has 5 heteroatoms. The third-order valence-electron chi connectivity index (χ3n) is 4.73. The molecule has 0 amide bonds. The molecule has 0 N–H and O–H groups in total. The lowest BCUT2D eigenvalue weighted by molar-refractivity contribution is 0.00578. The fourth-order valence-electron chi connectivity index (χ4n) is 3.18. The molecule has 1 aromatic heterocycles. The van der Waals surface area contributed by atoms with E-state index in [1.54, 1.807) is 0 Å². The van der Waals surface area contributed by atoms with Gasteiger partial charge in [0.2, 0.25) is 0 Å². The fraction of sp³-hybridized carbons (Fsp3) is 0.824. The Labute approximate surface area is 135 Å². The Balaban J connectivity index is 2.07. The van der Waals surface area contributed by atoms with E-state index in [1.165, 1.54) is 6.42 Å². The van der Waals surface area contributed by atoms with E-state index in [0.717, 1.165) is 12.0 Å². The van der Waals surface area contributed by atoms with E-state index >= 15 is 0 Å². The highest BCUT2D eigenvalue weighted by Gasteiger charge is 2.52. The minimum Gasteiger partial charge on any atom is -0.399 e. The minimum absolute atomic E-state index is 0.230. The van der Waals surface area contributed by atoms with Gasteiger partial charge in [-0.3, -0.25) is 4.68 Å². The van der Waals surface area contributed by atoms with Crippen LogP contribution in [-0.4, -0.2) is 28.1 Å². The average Bonchev–Trinajstić information content (AvgIpc) is 2.79. The van der Waals surface area contributed by atoms with Crippen LogP contribution in [0.2, 0.25) is 0 Å². The molecule has 1 saturated heterocycles. The van der Waals surface area contributed by atoms with Crippen molar-refractivity contribution in [3.8, 4) is 0 Å². The van der Waals surface area contributed by atoms with Crippen molar-refractivity contribution in [2.24, 2.45) is 11.3 Å². The van der Waals surface area contributed by atoms with Crippen LogP contribution in [0.3, 0.4) is 0 Å². The number of hydrogen-bond acceptors (Lipinski definition) is 3.